The first kappa shape index (κ1) is 15.5. The summed E-state index contributed by atoms with van der Waals surface area (Å²) in [5.74, 6) is 2.88. The first-order valence-electron chi connectivity index (χ1n) is 8.56. The van der Waals surface area contributed by atoms with Crippen LogP contribution >= 0.6 is 0 Å². The molecule has 1 aromatic rings. The number of ether oxygens (including phenoxy) is 1. The van der Waals surface area contributed by atoms with Crippen molar-refractivity contribution in [1.29, 1.82) is 0 Å². The van der Waals surface area contributed by atoms with Crippen LogP contribution in [0.4, 0.5) is 0 Å². The van der Waals surface area contributed by atoms with Gasteiger partial charge < -0.3 is 4.74 Å². The molecule has 4 saturated carbocycles. The lowest BCUT2D eigenvalue weighted by atomic mass is 9.53. The molecule has 0 aromatic heterocycles. The molecule has 0 atom stereocenters. The molecule has 5 rings (SSSR count). The number of hydrogen-bond donors (Lipinski definition) is 0. The lowest BCUT2D eigenvalue weighted by Crippen LogP contribution is -2.60. The third kappa shape index (κ3) is 2.40. The topological polar surface area (TPSA) is 46.6 Å². The predicted octanol–water partition coefficient (Wildman–Crippen LogP) is 3.28. The van der Waals surface area contributed by atoms with Crippen LogP contribution in [0.1, 0.15) is 38.5 Å². The molecular formula is C18H25NO3S. The van der Waals surface area contributed by atoms with E-state index in [1.165, 1.54) is 19.3 Å². The Labute approximate surface area is 138 Å². The van der Waals surface area contributed by atoms with E-state index < -0.39 is 10.0 Å². The van der Waals surface area contributed by atoms with Gasteiger partial charge in [-0.2, -0.15) is 4.31 Å². The van der Waals surface area contributed by atoms with Gasteiger partial charge in [0.1, 0.15) is 5.75 Å². The van der Waals surface area contributed by atoms with Crippen LogP contribution in [0.3, 0.4) is 0 Å². The summed E-state index contributed by atoms with van der Waals surface area (Å²) in [6.45, 7) is 0. The van der Waals surface area contributed by atoms with E-state index in [-0.39, 0.29) is 5.54 Å². The molecule has 126 valence electrons. The number of sulfonamides is 1. The van der Waals surface area contributed by atoms with E-state index >= 15 is 0 Å². The molecular weight excluding hydrogens is 310 g/mol. The van der Waals surface area contributed by atoms with E-state index in [2.05, 4.69) is 0 Å². The zero-order chi connectivity index (χ0) is 16.2. The molecule has 0 N–H and O–H groups in total. The summed E-state index contributed by atoms with van der Waals surface area (Å²) in [4.78, 5) is 0.372. The van der Waals surface area contributed by atoms with Gasteiger partial charge in [0.15, 0.2) is 0 Å². The fraction of sp³-hybridized carbons (Fsp3) is 0.667. The second kappa shape index (κ2) is 5.21. The van der Waals surface area contributed by atoms with Gasteiger partial charge in [0, 0.05) is 12.6 Å². The second-order valence-electron chi connectivity index (χ2n) is 7.79. The molecule has 23 heavy (non-hydrogen) atoms. The van der Waals surface area contributed by atoms with E-state index in [1.807, 2.05) is 0 Å². The summed E-state index contributed by atoms with van der Waals surface area (Å²) in [5.41, 5.74) is -0.145. The van der Waals surface area contributed by atoms with E-state index in [0.717, 1.165) is 37.0 Å². The average molecular weight is 335 g/mol. The van der Waals surface area contributed by atoms with Gasteiger partial charge in [0.05, 0.1) is 12.0 Å². The Hall–Kier alpha value is -1.07. The van der Waals surface area contributed by atoms with Crippen LogP contribution in [0.5, 0.6) is 5.75 Å². The molecule has 4 aliphatic rings. The van der Waals surface area contributed by atoms with Gasteiger partial charge >= 0.3 is 0 Å². The third-order valence-corrected chi connectivity index (χ3v) is 8.37. The second-order valence-corrected chi connectivity index (χ2v) is 9.76. The SMILES string of the molecule is COc1ccc(S(=O)(=O)N(C)C23CC4CC(CC(C4)C2)C3)cc1. The molecule has 0 unspecified atom stereocenters. The van der Waals surface area contributed by atoms with Crippen molar-refractivity contribution in [2.75, 3.05) is 14.2 Å². The summed E-state index contributed by atoms with van der Waals surface area (Å²) in [6, 6.07) is 6.76. The fourth-order valence-electron chi connectivity index (χ4n) is 5.61. The van der Waals surface area contributed by atoms with Crippen LogP contribution in [0, 0.1) is 17.8 Å². The lowest BCUT2D eigenvalue weighted by Gasteiger charge is -2.59. The van der Waals surface area contributed by atoms with Crippen molar-refractivity contribution in [1.82, 2.24) is 4.31 Å². The maximum Gasteiger partial charge on any atom is 0.243 e. The highest BCUT2D eigenvalue weighted by molar-refractivity contribution is 7.89. The van der Waals surface area contributed by atoms with Crippen molar-refractivity contribution in [2.45, 2.75) is 49.0 Å². The summed E-state index contributed by atoms with van der Waals surface area (Å²) >= 11 is 0. The molecule has 4 nitrogen and oxygen atoms in total. The lowest BCUT2D eigenvalue weighted by molar-refractivity contribution is -0.0495. The highest BCUT2D eigenvalue weighted by atomic mass is 32.2. The zero-order valence-electron chi connectivity index (χ0n) is 13.9. The van der Waals surface area contributed by atoms with Crippen molar-refractivity contribution in [3.8, 4) is 5.75 Å². The van der Waals surface area contributed by atoms with Gasteiger partial charge in [-0.15, -0.1) is 0 Å². The number of methoxy groups -OCH3 is 1. The molecule has 0 saturated heterocycles. The van der Waals surface area contributed by atoms with Gasteiger partial charge in [-0.25, -0.2) is 8.42 Å². The number of hydrogen-bond acceptors (Lipinski definition) is 3. The first-order chi connectivity index (χ1) is 10.9. The molecule has 0 heterocycles. The van der Waals surface area contributed by atoms with Gasteiger partial charge in [-0.1, -0.05) is 0 Å². The van der Waals surface area contributed by atoms with Gasteiger partial charge in [0.25, 0.3) is 0 Å². The van der Waals surface area contributed by atoms with Crippen molar-refractivity contribution < 1.29 is 13.2 Å². The van der Waals surface area contributed by atoms with Crippen molar-refractivity contribution in [3.05, 3.63) is 24.3 Å². The van der Waals surface area contributed by atoms with Crippen molar-refractivity contribution in [2.24, 2.45) is 17.8 Å². The molecule has 4 aliphatic carbocycles. The van der Waals surface area contributed by atoms with E-state index in [1.54, 1.807) is 42.7 Å². The van der Waals surface area contributed by atoms with Crippen LogP contribution in [0.25, 0.3) is 0 Å². The Morgan fingerprint density at radius 3 is 1.91 bits per heavy atom. The van der Waals surface area contributed by atoms with Crippen molar-refractivity contribution >= 4 is 10.0 Å². The maximum atomic E-state index is 13.1. The van der Waals surface area contributed by atoms with Crippen LogP contribution in [-0.2, 0) is 10.0 Å². The highest BCUT2D eigenvalue weighted by Crippen LogP contribution is 2.58. The Morgan fingerprint density at radius 2 is 1.48 bits per heavy atom. The smallest absolute Gasteiger partial charge is 0.243 e. The van der Waals surface area contributed by atoms with Gasteiger partial charge in [-0.3, -0.25) is 0 Å². The number of nitrogens with zero attached hydrogens (tertiary/aromatic N) is 1. The van der Waals surface area contributed by atoms with Crippen LogP contribution in [0.15, 0.2) is 29.2 Å². The molecule has 5 heteroatoms. The first-order valence-corrected chi connectivity index (χ1v) is 10.00. The molecule has 1 aromatic carbocycles. The molecule has 0 aliphatic heterocycles. The molecule has 4 bridgehead atoms. The standard InChI is InChI=1S/C18H25NO3S/c1-19(23(20,21)17-5-3-16(22-2)4-6-17)18-10-13-7-14(11-18)9-15(8-13)12-18/h3-6,13-15H,7-12H2,1-2H3. The monoisotopic (exact) mass is 335 g/mol. The quantitative estimate of drug-likeness (QED) is 0.848. The van der Waals surface area contributed by atoms with Crippen LogP contribution in [-0.4, -0.2) is 32.4 Å². The van der Waals surface area contributed by atoms with Crippen molar-refractivity contribution in [3.63, 3.8) is 0 Å². The summed E-state index contributed by atoms with van der Waals surface area (Å²) in [7, 11) is -0.0621. The highest BCUT2D eigenvalue weighted by Gasteiger charge is 2.55. The minimum absolute atomic E-state index is 0.145. The normalized spacial score (nSPS) is 35.7. The molecule has 4 fully saturated rings. The number of rotatable bonds is 4. The predicted molar refractivity (Wildman–Crippen MR) is 88.8 cm³/mol. The largest absolute Gasteiger partial charge is 0.497 e. The number of benzene rings is 1. The fourth-order valence-corrected chi connectivity index (χ4v) is 7.14. The van der Waals surface area contributed by atoms with E-state index in [9.17, 15) is 8.42 Å². The summed E-state index contributed by atoms with van der Waals surface area (Å²) in [5, 5.41) is 0. The minimum atomic E-state index is -3.45. The Kier molecular flexibility index (Phi) is 3.50. The van der Waals surface area contributed by atoms with Gasteiger partial charge in [-0.05, 0) is 80.5 Å². The zero-order valence-corrected chi connectivity index (χ0v) is 14.7. The van der Waals surface area contributed by atoms with Crippen LogP contribution < -0.4 is 4.74 Å². The Balaban J connectivity index is 1.66. The maximum absolute atomic E-state index is 13.1. The molecule has 0 spiro atoms. The minimum Gasteiger partial charge on any atom is -0.497 e. The Bertz CT molecular complexity index is 660. The van der Waals surface area contributed by atoms with Gasteiger partial charge in [0.2, 0.25) is 10.0 Å². The molecule has 0 amide bonds. The van der Waals surface area contributed by atoms with E-state index in [4.69, 9.17) is 4.74 Å². The average Bonchev–Trinajstić information content (AvgIpc) is 2.53. The Morgan fingerprint density at radius 1 is 1.00 bits per heavy atom. The van der Waals surface area contributed by atoms with E-state index in [0.29, 0.717) is 10.6 Å². The summed E-state index contributed by atoms with van der Waals surface area (Å²) in [6.07, 6.45) is 7.08. The van der Waals surface area contributed by atoms with Crippen LogP contribution in [0.2, 0.25) is 0 Å². The molecule has 0 radical (unpaired) electrons. The third-order valence-electron chi connectivity index (χ3n) is 6.39. The summed E-state index contributed by atoms with van der Waals surface area (Å²) < 4.78 is 33.1.